The molecule has 4 rings (SSSR count). The molecule has 0 fully saturated rings. The first-order chi connectivity index (χ1) is 13.2. The van der Waals surface area contributed by atoms with Crippen molar-refractivity contribution in [3.8, 4) is 11.4 Å². The number of nitrogens with zero attached hydrogens (tertiary/aromatic N) is 4. The molecular formula is C18H14FN5OS2. The first kappa shape index (κ1) is 17.6. The minimum absolute atomic E-state index is 0.279. The number of aromatic nitrogens is 4. The predicted molar refractivity (Wildman–Crippen MR) is 104 cm³/mol. The summed E-state index contributed by atoms with van der Waals surface area (Å²) in [5.74, 6) is 1.32. The largest absolute Gasteiger partial charge is 0.338 e. The van der Waals surface area contributed by atoms with Gasteiger partial charge in [-0.05, 0) is 31.2 Å². The van der Waals surface area contributed by atoms with Crippen LogP contribution < -0.4 is 5.32 Å². The molecule has 2 heterocycles. The number of thioether (sulfide) groups is 1. The zero-order valence-electron chi connectivity index (χ0n) is 14.2. The van der Waals surface area contributed by atoms with Gasteiger partial charge in [0.2, 0.25) is 16.8 Å². The van der Waals surface area contributed by atoms with Gasteiger partial charge < -0.3 is 9.84 Å². The summed E-state index contributed by atoms with van der Waals surface area (Å²) in [5.41, 5.74) is 2.85. The Balaban J connectivity index is 1.36. The Hall–Kier alpha value is -2.78. The van der Waals surface area contributed by atoms with Gasteiger partial charge in [0.05, 0.1) is 5.75 Å². The Labute approximate surface area is 162 Å². The van der Waals surface area contributed by atoms with E-state index in [-0.39, 0.29) is 5.82 Å². The summed E-state index contributed by atoms with van der Waals surface area (Å²) in [7, 11) is 0. The minimum Gasteiger partial charge on any atom is -0.338 e. The van der Waals surface area contributed by atoms with Crippen molar-refractivity contribution in [2.24, 2.45) is 0 Å². The lowest BCUT2D eigenvalue weighted by atomic mass is 10.1. The maximum atomic E-state index is 12.9. The summed E-state index contributed by atoms with van der Waals surface area (Å²) in [5, 5.41) is 16.0. The highest BCUT2D eigenvalue weighted by Gasteiger charge is 2.11. The van der Waals surface area contributed by atoms with Crippen LogP contribution >= 0.6 is 23.1 Å². The number of hydrogen-bond donors (Lipinski definition) is 1. The van der Waals surface area contributed by atoms with Crippen LogP contribution in [0.1, 0.15) is 11.5 Å². The molecular weight excluding hydrogens is 385 g/mol. The Morgan fingerprint density at radius 2 is 1.85 bits per heavy atom. The Morgan fingerprint density at radius 3 is 2.63 bits per heavy atom. The summed E-state index contributed by atoms with van der Waals surface area (Å²) in [6, 6.07) is 14.0. The fourth-order valence-corrected chi connectivity index (χ4v) is 3.84. The first-order valence-corrected chi connectivity index (χ1v) is 9.84. The average molecular weight is 399 g/mol. The molecule has 136 valence electrons. The SMILES string of the molecule is Cc1ccc(-c2noc(CSc3nnc(Nc4ccc(F)cc4)s3)n2)cc1. The second-order valence-electron chi connectivity index (χ2n) is 5.67. The molecule has 0 saturated carbocycles. The molecule has 2 aromatic carbocycles. The maximum absolute atomic E-state index is 12.9. The molecule has 0 bridgehead atoms. The van der Waals surface area contributed by atoms with Crippen LogP contribution in [0.2, 0.25) is 0 Å². The van der Waals surface area contributed by atoms with Gasteiger partial charge in [0.1, 0.15) is 5.82 Å². The van der Waals surface area contributed by atoms with E-state index >= 15 is 0 Å². The highest BCUT2D eigenvalue weighted by molar-refractivity contribution is 8.00. The molecule has 0 saturated heterocycles. The second kappa shape index (κ2) is 7.85. The van der Waals surface area contributed by atoms with Crippen LogP contribution in [-0.4, -0.2) is 20.3 Å². The number of benzene rings is 2. The Morgan fingerprint density at radius 1 is 1.07 bits per heavy atom. The van der Waals surface area contributed by atoms with E-state index in [1.54, 1.807) is 12.1 Å². The van der Waals surface area contributed by atoms with Crippen molar-refractivity contribution in [2.75, 3.05) is 5.32 Å². The van der Waals surface area contributed by atoms with Crippen molar-refractivity contribution in [1.82, 2.24) is 20.3 Å². The number of hydrogen-bond acceptors (Lipinski definition) is 8. The molecule has 0 aliphatic carbocycles. The number of nitrogens with one attached hydrogen (secondary N) is 1. The normalized spacial score (nSPS) is 10.9. The monoisotopic (exact) mass is 399 g/mol. The van der Waals surface area contributed by atoms with Crippen LogP contribution in [0.3, 0.4) is 0 Å². The molecule has 6 nitrogen and oxygen atoms in total. The highest BCUT2D eigenvalue weighted by Crippen LogP contribution is 2.30. The van der Waals surface area contributed by atoms with Crippen molar-refractivity contribution in [2.45, 2.75) is 17.0 Å². The standard InChI is InChI=1S/C18H14FN5OS2/c1-11-2-4-12(5-3-11)16-21-15(25-24-16)10-26-18-23-22-17(27-18)20-14-8-6-13(19)7-9-14/h2-9H,10H2,1H3,(H,20,22). The van der Waals surface area contributed by atoms with Gasteiger partial charge in [-0.15, -0.1) is 10.2 Å². The Kier molecular flexibility index (Phi) is 5.12. The lowest BCUT2D eigenvalue weighted by Crippen LogP contribution is -1.89. The fourth-order valence-electron chi connectivity index (χ4n) is 2.23. The van der Waals surface area contributed by atoms with E-state index < -0.39 is 0 Å². The van der Waals surface area contributed by atoms with Gasteiger partial charge in [0, 0.05) is 11.3 Å². The third-order valence-electron chi connectivity index (χ3n) is 3.60. The third-order valence-corrected chi connectivity index (χ3v) is 5.56. The lowest BCUT2D eigenvalue weighted by molar-refractivity contribution is 0.391. The van der Waals surface area contributed by atoms with Gasteiger partial charge in [-0.2, -0.15) is 4.98 Å². The van der Waals surface area contributed by atoms with Gasteiger partial charge in [0.15, 0.2) is 4.34 Å². The second-order valence-corrected chi connectivity index (χ2v) is 7.87. The number of halogens is 1. The molecule has 0 spiro atoms. The zero-order valence-corrected chi connectivity index (χ0v) is 15.9. The van der Waals surface area contributed by atoms with Gasteiger partial charge in [0.25, 0.3) is 0 Å². The van der Waals surface area contributed by atoms with Crippen molar-refractivity contribution >= 4 is 33.9 Å². The number of rotatable bonds is 6. The van der Waals surface area contributed by atoms with Crippen LogP contribution in [0.4, 0.5) is 15.2 Å². The third kappa shape index (κ3) is 4.50. The molecule has 0 radical (unpaired) electrons. The predicted octanol–water partition coefficient (Wildman–Crippen LogP) is 5.07. The van der Waals surface area contributed by atoms with Gasteiger partial charge in [-0.25, -0.2) is 4.39 Å². The van der Waals surface area contributed by atoms with Crippen molar-refractivity contribution in [1.29, 1.82) is 0 Å². The van der Waals surface area contributed by atoms with E-state index in [0.717, 1.165) is 15.6 Å². The van der Waals surface area contributed by atoms with E-state index in [2.05, 4.69) is 25.7 Å². The van der Waals surface area contributed by atoms with Crippen molar-refractivity contribution in [3.63, 3.8) is 0 Å². The smallest absolute Gasteiger partial charge is 0.237 e. The topological polar surface area (TPSA) is 76.7 Å². The molecule has 0 amide bonds. The molecule has 2 aromatic heterocycles. The fraction of sp³-hybridized carbons (Fsp3) is 0.111. The Bertz CT molecular complexity index is 1030. The van der Waals surface area contributed by atoms with Crippen LogP contribution in [0.15, 0.2) is 57.4 Å². The van der Waals surface area contributed by atoms with Crippen molar-refractivity contribution < 1.29 is 8.91 Å². The summed E-state index contributed by atoms with van der Waals surface area (Å²) in [6.07, 6.45) is 0. The quantitative estimate of drug-likeness (QED) is 0.454. The number of anilines is 2. The van der Waals surface area contributed by atoms with E-state index in [4.69, 9.17) is 4.52 Å². The van der Waals surface area contributed by atoms with Crippen LogP contribution in [0.5, 0.6) is 0 Å². The molecule has 0 atom stereocenters. The maximum Gasteiger partial charge on any atom is 0.237 e. The zero-order chi connectivity index (χ0) is 18.6. The van der Waals surface area contributed by atoms with E-state index in [9.17, 15) is 4.39 Å². The first-order valence-electron chi connectivity index (χ1n) is 8.04. The molecule has 27 heavy (non-hydrogen) atoms. The van der Waals surface area contributed by atoms with E-state index in [1.165, 1.54) is 40.8 Å². The minimum atomic E-state index is -0.279. The van der Waals surface area contributed by atoms with Crippen LogP contribution in [0.25, 0.3) is 11.4 Å². The van der Waals surface area contributed by atoms with Crippen molar-refractivity contribution in [3.05, 3.63) is 65.8 Å². The van der Waals surface area contributed by atoms with E-state index in [0.29, 0.717) is 22.6 Å². The highest BCUT2D eigenvalue weighted by atomic mass is 32.2. The number of aryl methyl sites for hydroxylation is 1. The molecule has 0 aliphatic rings. The summed E-state index contributed by atoms with van der Waals surface area (Å²) < 4.78 is 19.0. The summed E-state index contributed by atoms with van der Waals surface area (Å²) in [6.45, 7) is 2.03. The molecule has 0 aliphatic heterocycles. The van der Waals surface area contributed by atoms with Crippen LogP contribution in [0, 0.1) is 12.7 Å². The van der Waals surface area contributed by atoms with Gasteiger partial charge >= 0.3 is 0 Å². The molecule has 9 heteroatoms. The summed E-state index contributed by atoms with van der Waals surface area (Å²) in [4.78, 5) is 4.41. The average Bonchev–Trinajstić information content (AvgIpc) is 3.32. The summed E-state index contributed by atoms with van der Waals surface area (Å²) >= 11 is 2.87. The van der Waals surface area contributed by atoms with Crippen LogP contribution in [-0.2, 0) is 5.75 Å². The van der Waals surface area contributed by atoms with E-state index in [1.807, 2.05) is 31.2 Å². The van der Waals surface area contributed by atoms with Gasteiger partial charge in [-0.3, -0.25) is 0 Å². The molecule has 4 aromatic rings. The molecule has 0 unspecified atom stereocenters. The molecule has 1 N–H and O–H groups in total. The van der Waals surface area contributed by atoms with Gasteiger partial charge in [-0.1, -0.05) is 58.1 Å². The lowest BCUT2D eigenvalue weighted by Gasteiger charge is -2.00.